The number of benzene rings is 2. The molecule has 6 nitrogen and oxygen atoms in total. The minimum Gasteiger partial charge on any atom is -0.351 e. The Kier molecular flexibility index (Phi) is 6.51. The molecule has 1 fully saturated rings. The molecule has 4 aromatic rings. The summed E-state index contributed by atoms with van der Waals surface area (Å²) in [6.07, 6.45) is 1.80. The van der Waals surface area contributed by atoms with E-state index in [0.717, 1.165) is 39.7 Å². The van der Waals surface area contributed by atoms with Crippen molar-refractivity contribution in [3.8, 4) is 5.69 Å². The Morgan fingerprint density at radius 2 is 1.81 bits per heavy atom. The summed E-state index contributed by atoms with van der Waals surface area (Å²) in [5, 5.41) is 7.65. The Morgan fingerprint density at radius 3 is 2.47 bits per heavy atom. The molecule has 2 aromatic carbocycles. The predicted octanol–water partition coefficient (Wildman–Crippen LogP) is 6.28. The van der Waals surface area contributed by atoms with E-state index in [4.69, 9.17) is 23.8 Å². The van der Waals surface area contributed by atoms with Gasteiger partial charge >= 0.3 is 0 Å². The van der Waals surface area contributed by atoms with E-state index in [2.05, 4.69) is 51.1 Å². The van der Waals surface area contributed by atoms with Crippen LogP contribution in [0.2, 0.25) is 5.02 Å². The van der Waals surface area contributed by atoms with E-state index in [-0.39, 0.29) is 18.0 Å². The zero-order chi connectivity index (χ0) is 25.4. The minimum atomic E-state index is -0.151. The minimum absolute atomic E-state index is 0.109. The SMILES string of the molecule is CC(=O)Nc1ccc(N2C(=S)N[C@@H](c3ccccn3)[C@@H]2c2cc(C)n(-c3cccc(Cl)c3)c2C)cc1. The fourth-order valence-electron chi connectivity index (χ4n) is 4.96. The number of rotatable bonds is 5. The number of carbonyl (C=O) groups is 1. The van der Waals surface area contributed by atoms with Gasteiger partial charge in [-0.25, -0.2) is 0 Å². The molecule has 1 amide bonds. The van der Waals surface area contributed by atoms with Gasteiger partial charge < -0.3 is 20.1 Å². The third-order valence-corrected chi connectivity index (χ3v) is 6.97. The van der Waals surface area contributed by atoms with E-state index < -0.39 is 0 Å². The molecule has 0 radical (unpaired) electrons. The summed E-state index contributed by atoms with van der Waals surface area (Å²) < 4.78 is 2.22. The number of nitrogens with one attached hydrogen (secondary N) is 2. The maximum atomic E-state index is 11.5. The van der Waals surface area contributed by atoms with Crippen molar-refractivity contribution in [2.75, 3.05) is 10.2 Å². The van der Waals surface area contributed by atoms with Crippen molar-refractivity contribution in [3.05, 3.63) is 107 Å². The van der Waals surface area contributed by atoms with Crippen LogP contribution in [0, 0.1) is 13.8 Å². The van der Waals surface area contributed by atoms with Gasteiger partial charge in [-0.1, -0.05) is 23.7 Å². The zero-order valence-corrected chi connectivity index (χ0v) is 21.8. The highest BCUT2D eigenvalue weighted by Crippen LogP contribution is 2.44. The number of carbonyl (C=O) groups excluding carboxylic acids is 1. The van der Waals surface area contributed by atoms with Crippen LogP contribution in [0.3, 0.4) is 0 Å². The number of anilines is 2. The normalized spacial score (nSPS) is 17.2. The van der Waals surface area contributed by atoms with E-state index in [1.807, 2.05) is 60.7 Å². The van der Waals surface area contributed by atoms with E-state index >= 15 is 0 Å². The standard InChI is InChI=1S/C28H26ClN5OS/c1-17-15-24(18(2)33(17)23-8-6-7-20(29)16-23)27-26(25-9-4-5-14-30-25)32-28(36)34(27)22-12-10-21(11-13-22)31-19(3)35/h4-16,26-27H,1-3H3,(H,31,35)(H,32,36)/t26-,27-/m0/s1. The zero-order valence-electron chi connectivity index (χ0n) is 20.2. The number of aryl methyl sites for hydroxylation is 1. The molecule has 0 aliphatic carbocycles. The van der Waals surface area contributed by atoms with Crippen molar-refractivity contribution in [1.29, 1.82) is 0 Å². The fraction of sp³-hybridized carbons (Fsp3) is 0.179. The monoisotopic (exact) mass is 515 g/mol. The summed E-state index contributed by atoms with van der Waals surface area (Å²) in [5.74, 6) is -0.109. The second-order valence-electron chi connectivity index (χ2n) is 8.87. The predicted molar refractivity (Wildman–Crippen MR) is 149 cm³/mol. The Labute approximate surface area is 220 Å². The van der Waals surface area contributed by atoms with E-state index in [1.54, 1.807) is 6.20 Å². The molecule has 0 unspecified atom stereocenters. The molecule has 182 valence electrons. The highest BCUT2D eigenvalue weighted by atomic mass is 35.5. The first-order chi connectivity index (χ1) is 17.3. The van der Waals surface area contributed by atoms with E-state index in [0.29, 0.717) is 10.1 Å². The number of hydrogen-bond acceptors (Lipinski definition) is 3. The lowest BCUT2D eigenvalue weighted by Crippen LogP contribution is -2.29. The molecule has 0 saturated carbocycles. The summed E-state index contributed by atoms with van der Waals surface area (Å²) in [5.41, 5.74) is 6.93. The summed E-state index contributed by atoms with van der Waals surface area (Å²) in [6.45, 7) is 5.72. The van der Waals surface area contributed by atoms with Crippen LogP contribution in [-0.4, -0.2) is 20.6 Å². The average Bonchev–Trinajstić information content (AvgIpc) is 3.35. The maximum Gasteiger partial charge on any atom is 0.221 e. The quantitative estimate of drug-likeness (QED) is 0.306. The summed E-state index contributed by atoms with van der Waals surface area (Å²) in [6, 6.07) is 23.4. The molecule has 2 N–H and O–H groups in total. The van der Waals surface area contributed by atoms with Gasteiger partial charge in [0, 0.05) is 46.6 Å². The maximum absolute atomic E-state index is 11.5. The van der Waals surface area contributed by atoms with Gasteiger partial charge in [-0.05, 0) is 92.3 Å². The first-order valence-corrected chi connectivity index (χ1v) is 12.4. The van der Waals surface area contributed by atoms with Gasteiger partial charge in [-0.2, -0.15) is 0 Å². The van der Waals surface area contributed by atoms with Crippen molar-refractivity contribution < 1.29 is 4.79 Å². The Bertz CT molecular complexity index is 1430. The van der Waals surface area contributed by atoms with Crippen molar-refractivity contribution in [2.24, 2.45) is 0 Å². The highest BCUT2D eigenvalue weighted by molar-refractivity contribution is 7.80. The molecule has 8 heteroatoms. The average molecular weight is 516 g/mol. The third-order valence-electron chi connectivity index (χ3n) is 6.42. The molecule has 36 heavy (non-hydrogen) atoms. The van der Waals surface area contributed by atoms with Crippen molar-refractivity contribution in [2.45, 2.75) is 32.9 Å². The van der Waals surface area contributed by atoms with Crippen LogP contribution in [0.5, 0.6) is 0 Å². The first-order valence-electron chi connectivity index (χ1n) is 11.7. The Balaban J connectivity index is 1.63. The van der Waals surface area contributed by atoms with Crippen LogP contribution in [0.25, 0.3) is 5.69 Å². The number of aromatic nitrogens is 2. The lowest BCUT2D eigenvalue weighted by molar-refractivity contribution is -0.114. The molecule has 2 aromatic heterocycles. The van der Waals surface area contributed by atoms with Crippen LogP contribution in [0.4, 0.5) is 11.4 Å². The lowest BCUT2D eigenvalue weighted by atomic mass is 9.96. The lowest BCUT2D eigenvalue weighted by Gasteiger charge is -2.28. The van der Waals surface area contributed by atoms with Crippen LogP contribution in [0.1, 0.15) is 41.7 Å². The molecule has 1 aliphatic heterocycles. The molecule has 0 spiro atoms. The highest BCUT2D eigenvalue weighted by Gasteiger charge is 2.42. The van der Waals surface area contributed by atoms with Gasteiger partial charge in [0.25, 0.3) is 0 Å². The van der Waals surface area contributed by atoms with Crippen LogP contribution in [0.15, 0.2) is 79.0 Å². The largest absolute Gasteiger partial charge is 0.351 e. The number of halogens is 1. The molecule has 2 atom stereocenters. The number of pyridine rings is 1. The van der Waals surface area contributed by atoms with Gasteiger partial charge in [-0.15, -0.1) is 0 Å². The number of thiocarbonyl (C=S) groups is 1. The van der Waals surface area contributed by atoms with Crippen LogP contribution in [-0.2, 0) is 4.79 Å². The third kappa shape index (κ3) is 4.47. The first kappa shape index (κ1) is 24.0. The van der Waals surface area contributed by atoms with E-state index in [9.17, 15) is 4.79 Å². The van der Waals surface area contributed by atoms with Crippen LogP contribution >= 0.6 is 23.8 Å². The van der Waals surface area contributed by atoms with Gasteiger partial charge in [0.2, 0.25) is 5.91 Å². The number of nitrogens with zero attached hydrogens (tertiary/aromatic N) is 3. The number of hydrogen-bond donors (Lipinski definition) is 2. The smallest absolute Gasteiger partial charge is 0.221 e. The van der Waals surface area contributed by atoms with Gasteiger partial charge in [0.05, 0.1) is 17.8 Å². The summed E-state index contributed by atoms with van der Waals surface area (Å²) in [4.78, 5) is 18.3. The fourth-order valence-corrected chi connectivity index (χ4v) is 5.49. The summed E-state index contributed by atoms with van der Waals surface area (Å²) in [7, 11) is 0. The molecular weight excluding hydrogens is 490 g/mol. The molecule has 0 bridgehead atoms. The van der Waals surface area contributed by atoms with Crippen LogP contribution < -0.4 is 15.5 Å². The van der Waals surface area contributed by atoms with Crippen molar-refractivity contribution >= 4 is 46.2 Å². The molecular formula is C28H26ClN5OS. The summed E-state index contributed by atoms with van der Waals surface area (Å²) >= 11 is 12.2. The van der Waals surface area contributed by atoms with Crippen molar-refractivity contribution in [3.63, 3.8) is 0 Å². The van der Waals surface area contributed by atoms with E-state index in [1.165, 1.54) is 6.92 Å². The van der Waals surface area contributed by atoms with Crippen molar-refractivity contribution in [1.82, 2.24) is 14.9 Å². The second kappa shape index (κ2) is 9.76. The molecule has 1 aliphatic rings. The van der Waals surface area contributed by atoms with Gasteiger partial charge in [0.15, 0.2) is 5.11 Å². The van der Waals surface area contributed by atoms with Gasteiger partial charge in [0.1, 0.15) is 0 Å². The second-order valence-corrected chi connectivity index (χ2v) is 9.69. The molecule has 5 rings (SSSR count). The molecule has 3 heterocycles. The Morgan fingerprint density at radius 1 is 1.03 bits per heavy atom. The van der Waals surface area contributed by atoms with Gasteiger partial charge in [-0.3, -0.25) is 9.78 Å². The number of amides is 1. The Hall–Kier alpha value is -3.68. The molecule has 1 saturated heterocycles. The topological polar surface area (TPSA) is 62.2 Å².